The van der Waals surface area contributed by atoms with Crippen molar-refractivity contribution in [2.24, 2.45) is 0 Å². The van der Waals surface area contributed by atoms with Gasteiger partial charge in [-0.1, -0.05) is 12.1 Å². The Hall–Kier alpha value is -1.56. The lowest BCUT2D eigenvalue weighted by atomic mass is 10.1. The first-order valence-corrected chi connectivity index (χ1v) is 6.06. The first kappa shape index (κ1) is 12.9. The van der Waals surface area contributed by atoms with E-state index in [0.717, 1.165) is 18.0 Å². The number of benzene rings is 1. The van der Waals surface area contributed by atoms with E-state index in [0.29, 0.717) is 10.6 Å². The molecule has 2 aromatic rings. The van der Waals surface area contributed by atoms with E-state index in [1.165, 1.54) is 23.5 Å². The molecule has 0 fully saturated rings. The Labute approximate surface area is 107 Å². The van der Waals surface area contributed by atoms with Gasteiger partial charge in [-0.3, -0.25) is 0 Å². The number of thiazole rings is 1. The van der Waals surface area contributed by atoms with Crippen LogP contribution in [-0.4, -0.2) is 19.1 Å². The van der Waals surface area contributed by atoms with E-state index in [-0.39, 0.29) is 0 Å². The lowest BCUT2D eigenvalue weighted by Crippen LogP contribution is -2.08. The summed E-state index contributed by atoms with van der Waals surface area (Å²) in [5.74, 6) is 0.801. The zero-order chi connectivity index (χ0) is 13.3. The highest BCUT2D eigenvalue weighted by atomic mass is 32.1. The van der Waals surface area contributed by atoms with E-state index in [9.17, 15) is 13.2 Å². The van der Waals surface area contributed by atoms with Gasteiger partial charge in [-0.2, -0.15) is 13.2 Å². The number of anilines is 1. The molecule has 0 atom stereocenters. The number of hydrogen-bond donors (Lipinski definition) is 0. The molecule has 6 heteroatoms. The molecule has 0 N–H and O–H groups in total. The molecule has 0 spiro atoms. The Morgan fingerprint density at radius 3 is 2.17 bits per heavy atom. The highest BCUT2D eigenvalue weighted by molar-refractivity contribution is 7.13. The minimum absolute atomic E-state index is 0.643. The zero-order valence-corrected chi connectivity index (χ0v) is 10.6. The molecule has 0 saturated carbocycles. The predicted octanol–water partition coefficient (Wildman–Crippen LogP) is 3.89. The zero-order valence-electron chi connectivity index (χ0n) is 9.82. The topological polar surface area (TPSA) is 16.1 Å². The molecule has 0 aliphatic carbocycles. The Balaban J connectivity index is 2.29. The minimum atomic E-state index is -4.30. The van der Waals surface area contributed by atoms with Crippen LogP contribution >= 0.6 is 11.3 Å². The first-order chi connectivity index (χ1) is 8.38. The summed E-state index contributed by atoms with van der Waals surface area (Å²) in [5, 5.41) is 2.58. The maximum absolute atomic E-state index is 12.4. The minimum Gasteiger partial charge on any atom is -0.362 e. The molecule has 18 heavy (non-hydrogen) atoms. The van der Waals surface area contributed by atoms with Crippen molar-refractivity contribution in [2.75, 3.05) is 19.0 Å². The van der Waals surface area contributed by atoms with Gasteiger partial charge >= 0.3 is 6.18 Å². The maximum Gasteiger partial charge on any atom is 0.416 e. The Morgan fingerprint density at radius 1 is 1.11 bits per heavy atom. The van der Waals surface area contributed by atoms with E-state index >= 15 is 0 Å². The van der Waals surface area contributed by atoms with Gasteiger partial charge in [0.1, 0.15) is 10.8 Å². The van der Waals surface area contributed by atoms with Gasteiger partial charge in [-0.15, -0.1) is 11.3 Å². The van der Waals surface area contributed by atoms with Crippen molar-refractivity contribution in [1.82, 2.24) is 4.98 Å². The second kappa shape index (κ2) is 4.61. The molecule has 0 radical (unpaired) electrons. The maximum atomic E-state index is 12.4. The molecule has 0 aliphatic heterocycles. The molecule has 1 heterocycles. The van der Waals surface area contributed by atoms with Crippen LogP contribution < -0.4 is 4.90 Å². The summed E-state index contributed by atoms with van der Waals surface area (Å²) >= 11 is 1.41. The van der Waals surface area contributed by atoms with Gasteiger partial charge in [-0.25, -0.2) is 4.98 Å². The van der Waals surface area contributed by atoms with Crippen LogP contribution in [0.1, 0.15) is 5.56 Å². The highest BCUT2D eigenvalue weighted by Gasteiger charge is 2.30. The highest BCUT2D eigenvalue weighted by Crippen LogP contribution is 2.32. The first-order valence-electron chi connectivity index (χ1n) is 5.18. The Kier molecular flexibility index (Phi) is 3.30. The smallest absolute Gasteiger partial charge is 0.362 e. The van der Waals surface area contributed by atoms with E-state index in [4.69, 9.17) is 0 Å². The molecular formula is C12H11F3N2S. The summed E-state index contributed by atoms with van der Waals surface area (Å²) in [4.78, 5) is 6.19. The largest absolute Gasteiger partial charge is 0.416 e. The lowest BCUT2D eigenvalue weighted by molar-refractivity contribution is -0.137. The fourth-order valence-corrected chi connectivity index (χ4v) is 2.30. The Morgan fingerprint density at radius 2 is 1.72 bits per heavy atom. The molecule has 2 nitrogen and oxygen atoms in total. The third-order valence-electron chi connectivity index (χ3n) is 2.41. The van der Waals surface area contributed by atoms with Crippen LogP contribution in [0.5, 0.6) is 0 Å². The third-order valence-corrected chi connectivity index (χ3v) is 3.29. The van der Waals surface area contributed by atoms with Gasteiger partial charge in [0, 0.05) is 25.0 Å². The Bertz CT molecular complexity index is 529. The number of hydrogen-bond acceptors (Lipinski definition) is 3. The number of nitrogens with zero attached hydrogens (tertiary/aromatic N) is 2. The molecule has 1 aromatic carbocycles. The SMILES string of the molecule is CN(C)c1csc(-c2ccc(C(F)(F)F)cc2)n1. The van der Waals surface area contributed by atoms with Crippen molar-refractivity contribution in [3.8, 4) is 10.6 Å². The third kappa shape index (κ3) is 2.64. The molecule has 0 aliphatic rings. The average Bonchev–Trinajstić information content (AvgIpc) is 2.77. The lowest BCUT2D eigenvalue weighted by Gasteiger charge is -2.07. The number of rotatable bonds is 2. The van der Waals surface area contributed by atoms with Gasteiger partial charge in [0.25, 0.3) is 0 Å². The molecule has 0 unspecified atom stereocenters. The number of alkyl halides is 3. The average molecular weight is 272 g/mol. The fourth-order valence-electron chi connectivity index (χ4n) is 1.41. The van der Waals surface area contributed by atoms with Crippen LogP contribution in [0.4, 0.5) is 19.0 Å². The fraction of sp³-hybridized carbons (Fsp3) is 0.250. The van der Waals surface area contributed by atoms with Crippen LogP contribution in [0.2, 0.25) is 0 Å². The van der Waals surface area contributed by atoms with E-state index in [1.807, 2.05) is 24.4 Å². The van der Waals surface area contributed by atoms with Crippen molar-refractivity contribution in [2.45, 2.75) is 6.18 Å². The van der Waals surface area contributed by atoms with Gasteiger partial charge in [0.15, 0.2) is 0 Å². The van der Waals surface area contributed by atoms with Crippen LogP contribution in [0.25, 0.3) is 10.6 Å². The van der Waals surface area contributed by atoms with Crippen molar-refractivity contribution in [1.29, 1.82) is 0 Å². The van der Waals surface area contributed by atoms with Gasteiger partial charge in [-0.05, 0) is 12.1 Å². The summed E-state index contributed by atoms with van der Waals surface area (Å²) in [5.41, 5.74) is 0.0525. The molecule has 0 saturated heterocycles. The summed E-state index contributed by atoms with van der Waals surface area (Å²) < 4.78 is 37.2. The van der Waals surface area contributed by atoms with Crippen molar-refractivity contribution >= 4 is 17.2 Å². The van der Waals surface area contributed by atoms with E-state index in [1.54, 1.807) is 0 Å². The van der Waals surface area contributed by atoms with E-state index < -0.39 is 11.7 Å². The van der Waals surface area contributed by atoms with Crippen LogP contribution in [0.15, 0.2) is 29.6 Å². The number of halogens is 3. The van der Waals surface area contributed by atoms with E-state index in [2.05, 4.69) is 4.98 Å². The second-order valence-electron chi connectivity index (χ2n) is 3.98. The molecule has 2 rings (SSSR count). The summed E-state index contributed by atoms with van der Waals surface area (Å²) in [6.45, 7) is 0. The van der Waals surface area contributed by atoms with Crippen molar-refractivity contribution in [3.05, 3.63) is 35.2 Å². The van der Waals surface area contributed by atoms with Crippen LogP contribution in [0, 0.1) is 0 Å². The molecule has 96 valence electrons. The number of aromatic nitrogens is 1. The standard InChI is InChI=1S/C12H11F3N2S/c1-17(2)10-7-18-11(16-10)8-3-5-9(6-4-8)12(13,14)15/h3-7H,1-2H3. The van der Waals surface area contributed by atoms with Gasteiger partial charge < -0.3 is 4.90 Å². The molecular weight excluding hydrogens is 261 g/mol. The van der Waals surface area contributed by atoms with Crippen LogP contribution in [-0.2, 0) is 6.18 Å². The van der Waals surface area contributed by atoms with Crippen molar-refractivity contribution in [3.63, 3.8) is 0 Å². The normalized spacial score (nSPS) is 11.6. The van der Waals surface area contributed by atoms with Gasteiger partial charge in [0.05, 0.1) is 5.56 Å². The van der Waals surface area contributed by atoms with Crippen molar-refractivity contribution < 1.29 is 13.2 Å². The summed E-state index contributed by atoms with van der Waals surface area (Å²) in [7, 11) is 3.73. The van der Waals surface area contributed by atoms with Crippen LogP contribution in [0.3, 0.4) is 0 Å². The molecule has 0 amide bonds. The monoisotopic (exact) mass is 272 g/mol. The van der Waals surface area contributed by atoms with Gasteiger partial charge in [0.2, 0.25) is 0 Å². The molecule has 1 aromatic heterocycles. The summed E-state index contributed by atoms with van der Waals surface area (Å²) in [6.07, 6.45) is -4.30. The summed E-state index contributed by atoms with van der Waals surface area (Å²) in [6, 6.07) is 5.04. The quantitative estimate of drug-likeness (QED) is 0.824. The second-order valence-corrected chi connectivity index (χ2v) is 4.84. The molecule has 0 bridgehead atoms. The predicted molar refractivity (Wildman–Crippen MR) is 66.9 cm³/mol.